The number of rotatable bonds is 4. The molecule has 27 heavy (non-hydrogen) atoms. The SMILES string of the molecule is Cc1cccc(OCC(=O)N2CCCN(C(=O)c3ccccc3)CC2)c1C. The second kappa shape index (κ2) is 8.71. The minimum Gasteiger partial charge on any atom is -0.483 e. The van der Waals surface area contributed by atoms with Crippen molar-refractivity contribution < 1.29 is 14.3 Å². The number of ether oxygens (including phenoxy) is 1. The summed E-state index contributed by atoms with van der Waals surface area (Å²) >= 11 is 0. The van der Waals surface area contributed by atoms with Crippen LogP contribution in [-0.4, -0.2) is 54.4 Å². The van der Waals surface area contributed by atoms with Crippen molar-refractivity contribution in [3.63, 3.8) is 0 Å². The summed E-state index contributed by atoms with van der Waals surface area (Å²) in [5, 5.41) is 0. The second-order valence-corrected chi connectivity index (χ2v) is 6.88. The number of amides is 2. The molecule has 5 heteroatoms. The maximum Gasteiger partial charge on any atom is 0.260 e. The predicted molar refractivity (Wildman–Crippen MR) is 105 cm³/mol. The number of hydrogen-bond acceptors (Lipinski definition) is 3. The van der Waals surface area contributed by atoms with Gasteiger partial charge in [-0.2, -0.15) is 0 Å². The molecule has 0 atom stereocenters. The Labute approximate surface area is 160 Å². The molecule has 0 N–H and O–H groups in total. The number of carbonyl (C=O) groups is 2. The van der Waals surface area contributed by atoms with Gasteiger partial charge < -0.3 is 14.5 Å². The van der Waals surface area contributed by atoms with Gasteiger partial charge in [-0.3, -0.25) is 9.59 Å². The molecule has 0 spiro atoms. The van der Waals surface area contributed by atoms with Crippen LogP contribution in [0, 0.1) is 13.8 Å². The lowest BCUT2D eigenvalue weighted by molar-refractivity contribution is -0.133. The smallest absolute Gasteiger partial charge is 0.260 e. The molecule has 2 aromatic carbocycles. The van der Waals surface area contributed by atoms with Crippen molar-refractivity contribution in [1.29, 1.82) is 0 Å². The van der Waals surface area contributed by atoms with E-state index in [0.29, 0.717) is 31.7 Å². The van der Waals surface area contributed by atoms with Crippen molar-refractivity contribution >= 4 is 11.8 Å². The van der Waals surface area contributed by atoms with Crippen molar-refractivity contribution in [3.05, 3.63) is 65.2 Å². The van der Waals surface area contributed by atoms with Crippen LogP contribution in [0.25, 0.3) is 0 Å². The van der Waals surface area contributed by atoms with E-state index in [9.17, 15) is 9.59 Å². The third-order valence-corrected chi connectivity index (χ3v) is 5.06. The quantitative estimate of drug-likeness (QED) is 0.836. The maximum absolute atomic E-state index is 12.6. The lowest BCUT2D eigenvalue weighted by Gasteiger charge is -2.22. The normalized spacial score (nSPS) is 14.6. The minimum atomic E-state index is -0.0371. The fraction of sp³-hybridized carbons (Fsp3) is 0.364. The Hall–Kier alpha value is -2.82. The van der Waals surface area contributed by atoms with Crippen LogP contribution >= 0.6 is 0 Å². The highest BCUT2D eigenvalue weighted by atomic mass is 16.5. The molecule has 1 fully saturated rings. The number of nitrogens with zero attached hydrogens (tertiary/aromatic N) is 2. The van der Waals surface area contributed by atoms with Crippen LogP contribution in [0.3, 0.4) is 0 Å². The van der Waals surface area contributed by atoms with E-state index >= 15 is 0 Å². The Morgan fingerprint density at radius 1 is 0.889 bits per heavy atom. The van der Waals surface area contributed by atoms with Gasteiger partial charge in [0.05, 0.1) is 0 Å². The zero-order valence-corrected chi connectivity index (χ0v) is 16.0. The van der Waals surface area contributed by atoms with Crippen LogP contribution in [-0.2, 0) is 4.79 Å². The fourth-order valence-electron chi connectivity index (χ4n) is 3.24. The van der Waals surface area contributed by atoms with E-state index in [2.05, 4.69) is 0 Å². The molecule has 2 amide bonds. The molecule has 0 aromatic heterocycles. The van der Waals surface area contributed by atoms with Gasteiger partial charge in [0, 0.05) is 31.7 Å². The van der Waals surface area contributed by atoms with Crippen LogP contribution in [0.15, 0.2) is 48.5 Å². The molecule has 3 rings (SSSR count). The fourth-order valence-corrected chi connectivity index (χ4v) is 3.24. The molecule has 0 unspecified atom stereocenters. The molecule has 5 nitrogen and oxygen atoms in total. The number of hydrogen-bond donors (Lipinski definition) is 0. The van der Waals surface area contributed by atoms with E-state index in [1.807, 2.05) is 67.3 Å². The topological polar surface area (TPSA) is 49.9 Å². The lowest BCUT2D eigenvalue weighted by atomic mass is 10.1. The van der Waals surface area contributed by atoms with E-state index in [4.69, 9.17) is 4.74 Å². The summed E-state index contributed by atoms with van der Waals surface area (Å²) in [6.45, 7) is 6.43. The highest BCUT2D eigenvalue weighted by Gasteiger charge is 2.23. The first-order chi connectivity index (χ1) is 13.1. The van der Waals surface area contributed by atoms with Gasteiger partial charge in [0.15, 0.2) is 6.61 Å². The molecule has 1 aliphatic heterocycles. The number of carbonyl (C=O) groups excluding carboxylic acids is 2. The van der Waals surface area contributed by atoms with E-state index in [1.54, 1.807) is 4.90 Å². The van der Waals surface area contributed by atoms with Gasteiger partial charge in [0.1, 0.15) is 5.75 Å². The molecule has 0 bridgehead atoms. The second-order valence-electron chi connectivity index (χ2n) is 6.88. The van der Waals surface area contributed by atoms with Gasteiger partial charge in [-0.15, -0.1) is 0 Å². The summed E-state index contributed by atoms with van der Waals surface area (Å²) < 4.78 is 5.75. The maximum atomic E-state index is 12.6. The summed E-state index contributed by atoms with van der Waals surface area (Å²) in [5.41, 5.74) is 2.89. The molecule has 0 aliphatic carbocycles. The van der Waals surface area contributed by atoms with Crippen LogP contribution < -0.4 is 4.74 Å². The van der Waals surface area contributed by atoms with Gasteiger partial charge in [0.25, 0.3) is 11.8 Å². The summed E-state index contributed by atoms with van der Waals surface area (Å²) in [6, 6.07) is 15.1. The monoisotopic (exact) mass is 366 g/mol. The highest BCUT2D eigenvalue weighted by Crippen LogP contribution is 2.20. The van der Waals surface area contributed by atoms with E-state index < -0.39 is 0 Å². The molecular formula is C22H26N2O3. The van der Waals surface area contributed by atoms with Crippen molar-refractivity contribution in [1.82, 2.24) is 9.80 Å². The molecule has 1 saturated heterocycles. The van der Waals surface area contributed by atoms with E-state index in [1.165, 1.54) is 0 Å². The minimum absolute atomic E-state index is 0.0246. The van der Waals surface area contributed by atoms with Crippen molar-refractivity contribution in [3.8, 4) is 5.75 Å². The average Bonchev–Trinajstić information content (AvgIpc) is 2.95. The van der Waals surface area contributed by atoms with Crippen LogP contribution in [0.1, 0.15) is 27.9 Å². The summed E-state index contributed by atoms with van der Waals surface area (Å²) in [6.07, 6.45) is 0.772. The molecule has 1 aliphatic rings. The first kappa shape index (κ1) is 19.0. The lowest BCUT2D eigenvalue weighted by Crippen LogP contribution is -2.39. The van der Waals surface area contributed by atoms with Gasteiger partial charge >= 0.3 is 0 Å². The van der Waals surface area contributed by atoms with Crippen molar-refractivity contribution in [2.75, 3.05) is 32.8 Å². The highest BCUT2D eigenvalue weighted by molar-refractivity contribution is 5.94. The Morgan fingerprint density at radius 3 is 2.37 bits per heavy atom. The van der Waals surface area contributed by atoms with Gasteiger partial charge in [-0.05, 0) is 49.6 Å². The molecule has 2 aromatic rings. The standard InChI is InChI=1S/C22H26N2O3/c1-17-8-6-11-20(18(17)2)27-16-21(25)23-12-7-13-24(15-14-23)22(26)19-9-4-3-5-10-19/h3-6,8-11H,7,12-16H2,1-2H3. The molecule has 142 valence electrons. The third kappa shape index (κ3) is 4.67. The first-order valence-electron chi connectivity index (χ1n) is 9.37. The molecule has 1 heterocycles. The van der Waals surface area contributed by atoms with Crippen molar-refractivity contribution in [2.45, 2.75) is 20.3 Å². The Balaban J connectivity index is 1.55. The molecule has 0 saturated carbocycles. The third-order valence-electron chi connectivity index (χ3n) is 5.06. The Kier molecular flexibility index (Phi) is 6.12. The van der Waals surface area contributed by atoms with Gasteiger partial charge in [-0.25, -0.2) is 0 Å². The molecule has 0 radical (unpaired) electrons. The van der Waals surface area contributed by atoms with Gasteiger partial charge in [-0.1, -0.05) is 30.3 Å². The van der Waals surface area contributed by atoms with Gasteiger partial charge in [0.2, 0.25) is 0 Å². The predicted octanol–water partition coefficient (Wildman–Crippen LogP) is 3.06. The number of aryl methyl sites for hydroxylation is 1. The zero-order valence-electron chi connectivity index (χ0n) is 16.0. The van der Waals surface area contributed by atoms with Crippen molar-refractivity contribution in [2.24, 2.45) is 0 Å². The Bertz CT molecular complexity index is 804. The Morgan fingerprint density at radius 2 is 1.59 bits per heavy atom. The summed E-state index contributed by atoms with van der Waals surface area (Å²) in [7, 11) is 0. The van der Waals surface area contributed by atoms with Crippen LogP contribution in [0.2, 0.25) is 0 Å². The first-order valence-corrected chi connectivity index (χ1v) is 9.37. The molecular weight excluding hydrogens is 340 g/mol. The van der Waals surface area contributed by atoms with Crippen LogP contribution in [0.5, 0.6) is 5.75 Å². The summed E-state index contributed by atoms with van der Waals surface area (Å²) in [4.78, 5) is 28.8. The largest absolute Gasteiger partial charge is 0.483 e. The average molecular weight is 366 g/mol. The van der Waals surface area contributed by atoms with E-state index in [-0.39, 0.29) is 18.4 Å². The summed E-state index contributed by atoms with van der Waals surface area (Å²) in [5.74, 6) is 0.737. The number of benzene rings is 2. The van der Waals surface area contributed by atoms with Crippen LogP contribution in [0.4, 0.5) is 0 Å². The van der Waals surface area contributed by atoms with E-state index in [0.717, 1.165) is 23.3 Å². The zero-order chi connectivity index (χ0) is 19.2.